The minimum Gasteiger partial charge on any atom is -0.206 e. The molecule has 0 aliphatic heterocycles. The maximum Gasteiger partial charge on any atom is 0.416 e. The highest BCUT2D eigenvalue weighted by Crippen LogP contribution is 2.32. The third-order valence-corrected chi connectivity index (χ3v) is 2.31. The molecule has 0 atom stereocenters. The molecule has 0 unspecified atom stereocenters. The standard InChI is InChI=1S/C13H7F4/c14-12-7-2-1-6-11(12)9-4-3-5-10(8-9)13(15,16)17/h1-6,8H. The fraction of sp³-hybridized carbons (Fsp3) is 0.0769. The molecular formula is C13H7F4. The Morgan fingerprint density at radius 3 is 2.41 bits per heavy atom. The molecule has 0 spiro atoms. The third kappa shape index (κ3) is 2.46. The van der Waals surface area contributed by atoms with Crippen LogP contribution in [0.3, 0.4) is 0 Å². The predicted octanol–water partition coefficient (Wildman–Crippen LogP) is 4.31. The first kappa shape index (κ1) is 11.6. The van der Waals surface area contributed by atoms with Crippen molar-refractivity contribution in [1.82, 2.24) is 0 Å². The van der Waals surface area contributed by atoms with Gasteiger partial charge in [-0.15, -0.1) is 0 Å². The molecule has 2 aromatic carbocycles. The number of halogens is 4. The summed E-state index contributed by atoms with van der Waals surface area (Å²) in [7, 11) is 0. The van der Waals surface area contributed by atoms with E-state index in [1.807, 2.05) is 0 Å². The van der Waals surface area contributed by atoms with E-state index in [0.29, 0.717) is 0 Å². The van der Waals surface area contributed by atoms with Crippen LogP contribution in [0.1, 0.15) is 5.56 Å². The Hall–Kier alpha value is -1.84. The lowest BCUT2D eigenvalue weighted by Crippen LogP contribution is -2.04. The molecule has 0 saturated carbocycles. The van der Waals surface area contributed by atoms with Gasteiger partial charge in [-0.05, 0) is 17.7 Å². The van der Waals surface area contributed by atoms with Crippen LogP contribution in [0.5, 0.6) is 0 Å². The minimum atomic E-state index is -4.43. The van der Waals surface area contributed by atoms with Crippen LogP contribution in [0.2, 0.25) is 0 Å². The van der Waals surface area contributed by atoms with Gasteiger partial charge < -0.3 is 0 Å². The number of hydrogen-bond donors (Lipinski definition) is 0. The SMILES string of the molecule is Fc1[c]cccc1-c1cccc(C(F)(F)F)c1. The normalized spacial score (nSPS) is 11.5. The zero-order chi connectivity index (χ0) is 12.5. The smallest absolute Gasteiger partial charge is 0.206 e. The Bertz CT molecular complexity index is 529. The monoisotopic (exact) mass is 239 g/mol. The minimum absolute atomic E-state index is 0.110. The lowest BCUT2D eigenvalue weighted by molar-refractivity contribution is -0.137. The zero-order valence-electron chi connectivity index (χ0n) is 8.55. The van der Waals surface area contributed by atoms with Crippen molar-refractivity contribution < 1.29 is 17.6 Å². The highest BCUT2D eigenvalue weighted by Gasteiger charge is 2.30. The first-order valence-electron chi connectivity index (χ1n) is 4.82. The summed E-state index contributed by atoms with van der Waals surface area (Å²) in [5.41, 5.74) is -0.494. The fourth-order valence-electron chi connectivity index (χ4n) is 1.50. The van der Waals surface area contributed by atoms with Gasteiger partial charge >= 0.3 is 6.18 Å². The summed E-state index contributed by atoms with van der Waals surface area (Å²) in [5.74, 6) is -0.660. The van der Waals surface area contributed by atoms with E-state index in [4.69, 9.17) is 0 Å². The van der Waals surface area contributed by atoms with Crippen molar-refractivity contribution in [2.45, 2.75) is 6.18 Å². The second-order valence-corrected chi connectivity index (χ2v) is 3.48. The third-order valence-electron chi connectivity index (χ3n) is 2.31. The zero-order valence-corrected chi connectivity index (χ0v) is 8.55. The van der Waals surface area contributed by atoms with Crippen LogP contribution in [0.25, 0.3) is 11.1 Å². The van der Waals surface area contributed by atoms with E-state index >= 15 is 0 Å². The van der Waals surface area contributed by atoms with E-state index in [1.165, 1.54) is 30.3 Å². The molecule has 0 nitrogen and oxygen atoms in total. The van der Waals surface area contributed by atoms with Gasteiger partial charge in [-0.2, -0.15) is 13.2 Å². The Labute approximate surface area is 95.5 Å². The van der Waals surface area contributed by atoms with Gasteiger partial charge in [0.1, 0.15) is 5.82 Å². The van der Waals surface area contributed by atoms with Gasteiger partial charge in [-0.25, -0.2) is 4.39 Å². The number of rotatable bonds is 1. The highest BCUT2D eigenvalue weighted by molar-refractivity contribution is 5.64. The van der Waals surface area contributed by atoms with Crippen LogP contribution in [0, 0.1) is 11.9 Å². The molecule has 2 aromatic rings. The van der Waals surface area contributed by atoms with Crippen molar-refractivity contribution in [1.29, 1.82) is 0 Å². The first-order chi connectivity index (χ1) is 7.98. The Kier molecular flexibility index (Phi) is 2.88. The lowest BCUT2D eigenvalue weighted by Gasteiger charge is -2.09. The molecule has 1 radical (unpaired) electrons. The summed E-state index contributed by atoms with van der Waals surface area (Å²) in [6.07, 6.45) is -4.43. The molecule has 0 amide bonds. The molecular weight excluding hydrogens is 232 g/mol. The Morgan fingerprint density at radius 1 is 1.00 bits per heavy atom. The quantitative estimate of drug-likeness (QED) is 0.650. The van der Waals surface area contributed by atoms with Gasteiger partial charge in [0.05, 0.1) is 5.56 Å². The van der Waals surface area contributed by atoms with Gasteiger partial charge in [0.15, 0.2) is 0 Å². The molecule has 0 bridgehead atoms. The molecule has 0 aliphatic rings. The molecule has 0 fully saturated rings. The second-order valence-electron chi connectivity index (χ2n) is 3.48. The van der Waals surface area contributed by atoms with E-state index in [2.05, 4.69) is 6.07 Å². The maximum atomic E-state index is 13.4. The molecule has 0 N–H and O–H groups in total. The van der Waals surface area contributed by atoms with Crippen molar-refractivity contribution in [3.8, 4) is 11.1 Å². The number of benzene rings is 2. The summed E-state index contributed by atoms with van der Waals surface area (Å²) in [6.45, 7) is 0. The van der Waals surface area contributed by atoms with Crippen LogP contribution in [-0.4, -0.2) is 0 Å². The number of alkyl halides is 3. The molecule has 0 aromatic heterocycles. The van der Waals surface area contributed by atoms with E-state index in [-0.39, 0.29) is 11.1 Å². The van der Waals surface area contributed by atoms with Gasteiger partial charge in [0, 0.05) is 11.6 Å². The lowest BCUT2D eigenvalue weighted by atomic mass is 10.0. The Morgan fingerprint density at radius 2 is 1.76 bits per heavy atom. The molecule has 17 heavy (non-hydrogen) atoms. The van der Waals surface area contributed by atoms with Crippen molar-refractivity contribution in [3.63, 3.8) is 0 Å². The van der Waals surface area contributed by atoms with Crippen LogP contribution >= 0.6 is 0 Å². The van der Waals surface area contributed by atoms with E-state index in [0.717, 1.165) is 12.1 Å². The van der Waals surface area contributed by atoms with Crippen molar-refractivity contribution in [3.05, 3.63) is 59.9 Å². The van der Waals surface area contributed by atoms with Gasteiger partial charge in [0.25, 0.3) is 0 Å². The molecule has 0 saturated heterocycles. The second kappa shape index (κ2) is 4.20. The molecule has 4 heteroatoms. The van der Waals surface area contributed by atoms with Gasteiger partial charge in [-0.3, -0.25) is 0 Å². The number of hydrogen-bond acceptors (Lipinski definition) is 0. The van der Waals surface area contributed by atoms with E-state index in [1.54, 1.807) is 0 Å². The van der Waals surface area contributed by atoms with Crippen LogP contribution in [0.4, 0.5) is 17.6 Å². The summed E-state index contributed by atoms with van der Waals surface area (Å²) in [6, 6.07) is 11.2. The molecule has 2 rings (SSSR count). The van der Waals surface area contributed by atoms with Gasteiger partial charge in [0.2, 0.25) is 0 Å². The van der Waals surface area contributed by atoms with Crippen molar-refractivity contribution in [2.24, 2.45) is 0 Å². The fourth-order valence-corrected chi connectivity index (χ4v) is 1.50. The maximum absolute atomic E-state index is 13.4. The average molecular weight is 239 g/mol. The van der Waals surface area contributed by atoms with Crippen LogP contribution in [0.15, 0.2) is 42.5 Å². The molecule has 0 heterocycles. The summed E-state index contributed by atoms with van der Waals surface area (Å²) >= 11 is 0. The van der Waals surface area contributed by atoms with Crippen LogP contribution < -0.4 is 0 Å². The largest absolute Gasteiger partial charge is 0.416 e. The van der Waals surface area contributed by atoms with Gasteiger partial charge in [-0.1, -0.05) is 30.3 Å². The first-order valence-corrected chi connectivity index (χ1v) is 4.82. The highest BCUT2D eigenvalue weighted by atomic mass is 19.4. The summed E-state index contributed by atoms with van der Waals surface area (Å²) < 4.78 is 50.8. The van der Waals surface area contributed by atoms with Crippen molar-refractivity contribution >= 4 is 0 Å². The van der Waals surface area contributed by atoms with Crippen LogP contribution in [-0.2, 0) is 6.18 Å². The van der Waals surface area contributed by atoms with Crippen molar-refractivity contribution in [2.75, 3.05) is 0 Å². The molecule has 0 aliphatic carbocycles. The Balaban J connectivity index is 2.51. The summed E-state index contributed by atoms with van der Waals surface area (Å²) in [4.78, 5) is 0. The van der Waals surface area contributed by atoms with E-state index in [9.17, 15) is 17.6 Å². The van der Waals surface area contributed by atoms with E-state index < -0.39 is 17.6 Å². The predicted molar refractivity (Wildman–Crippen MR) is 55.7 cm³/mol. The molecule has 87 valence electrons. The topological polar surface area (TPSA) is 0 Å². The summed E-state index contributed by atoms with van der Waals surface area (Å²) in [5, 5.41) is 0. The average Bonchev–Trinajstić information content (AvgIpc) is 2.29.